The number of nitrogens with one attached hydrogen (secondary N) is 2. The van der Waals surface area contributed by atoms with Gasteiger partial charge in [0.1, 0.15) is 0 Å². The van der Waals surface area contributed by atoms with Crippen LogP contribution in [0, 0.1) is 10.8 Å². The fourth-order valence-corrected chi connectivity index (χ4v) is 5.10. The molecule has 2 heterocycles. The molecule has 6 nitrogen and oxygen atoms in total. The van der Waals surface area contributed by atoms with Crippen molar-refractivity contribution in [3.63, 3.8) is 0 Å². The van der Waals surface area contributed by atoms with Crippen LogP contribution in [0.2, 0.25) is 0 Å². The lowest BCUT2D eigenvalue weighted by Gasteiger charge is -2.09. The second-order valence-electron chi connectivity index (χ2n) is 7.57. The molecule has 0 fully saturated rings. The maximum Gasteiger partial charge on any atom is 0.219 e. The standard InChI is InChI=1S/C22H32N6S2/c1-3-5-7-9-14-27-19(25-21(23)29-27)17-12-11-13-18(16-17)20-26-22(24)30-28(20)15-10-8-6-4-2/h11-13,16,23-24H,3-10,14-15H2,1-2H3. The smallest absolute Gasteiger partial charge is 0.219 e. The molecule has 2 N–H and O–H groups in total. The third kappa shape index (κ3) is 5.98. The minimum atomic E-state index is 0.346. The van der Waals surface area contributed by atoms with Crippen LogP contribution in [0.25, 0.3) is 22.8 Å². The summed E-state index contributed by atoms with van der Waals surface area (Å²) in [5.41, 5.74) is 2.02. The van der Waals surface area contributed by atoms with Gasteiger partial charge in [-0.15, -0.1) is 0 Å². The molecule has 0 unspecified atom stereocenters. The van der Waals surface area contributed by atoms with E-state index in [0.717, 1.165) is 48.7 Å². The first-order valence-corrected chi connectivity index (χ1v) is 12.5. The van der Waals surface area contributed by atoms with Crippen LogP contribution in [0.3, 0.4) is 0 Å². The van der Waals surface area contributed by atoms with E-state index in [1.807, 2.05) is 6.07 Å². The minimum absolute atomic E-state index is 0.346. The normalized spacial score (nSPS) is 11.3. The monoisotopic (exact) mass is 444 g/mol. The molecule has 0 aliphatic carbocycles. The van der Waals surface area contributed by atoms with Crippen LogP contribution in [0.5, 0.6) is 0 Å². The van der Waals surface area contributed by atoms with Gasteiger partial charge in [0.15, 0.2) is 11.6 Å². The zero-order valence-electron chi connectivity index (χ0n) is 18.0. The summed E-state index contributed by atoms with van der Waals surface area (Å²) >= 11 is 2.83. The van der Waals surface area contributed by atoms with Crippen molar-refractivity contribution < 1.29 is 0 Å². The third-order valence-electron chi connectivity index (χ3n) is 5.09. The first-order valence-electron chi connectivity index (χ1n) is 11.0. The van der Waals surface area contributed by atoms with Gasteiger partial charge in [0, 0.05) is 24.2 Å². The highest BCUT2D eigenvalue weighted by Gasteiger charge is 2.13. The summed E-state index contributed by atoms with van der Waals surface area (Å²) in [6.45, 7) is 6.24. The topological polar surface area (TPSA) is 83.3 Å². The lowest BCUT2D eigenvalue weighted by Crippen LogP contribution is -2.00. The molecule has 0 saturated carbocycles. The number of aryl methyl sites for hydroxylation is 2. The largest absolute Gasteiger partial charge is 0.278 e. The van der Waals surface area contributed by atoms with E-state index in [0.29, 0.717) is 9.60 Å². The van der Waals surface area contributed by atoms with Gasteiger partial charge < -0.3 is 0 Å². The maximum absolute atomic E-state index is 8.03. The molecule has 0 spiro atoms. The van der Waals surface area contributed by atoms with Gasteiger partial charge in [0.25, 0.3) is 0 Å². The van der Waals surface area contributed by atoms with E-state index >= 15 is 0 Å². The van der Waals surface area contributed by atoms with E-state index in [1.54, 1.807) is 0 Å². The van der Waals surface area contributed by atoms with Gasteiger partial charge in [-0.25, -0.2) is 0 Å². The Morgan fingerprint density at radius 3 is 1.63 bits per heavy atom. The second-order valence-corrected chi connectivity index (χ2v) is 9.59. The molecule has 30 heavy (non-hydrogen) atoms. The number of unbranched alkanes of at least 4 members (excludes halogenated alkanes) is 6. The first kappa shape index (κ1) is 22.6. The highest BCUT2D eigenvalue weighted by atomic mass is 32.1. The van der Waals surface area contributed by atoms with E-state index in [1.165, 1.54) is 61.6 Å². The predicted octanol–water partition coefficient (Wildman–Crippen LogP) is 5.66. The van der Waals surface area contributed by atoms with Gasteiger partial charge >= 0.3 is 0 Å². The summed E-state index contributed by atoms with van der Waals surface area (Å²) in [7, 11) is 0. The summed E-state index contributed by atoms with van der Waals surface area (Å²) in [6.07, 6.45) is 9.56. The van der Waals surface area contributed by atoms with Gasteiger partial charge in [0.05, 0.1) is 0 Å². The highest BCUT2D eigenvalue weighted by molar-refractivity contribution is 7.03. The number of nitrogens with zero attached hydrogens (tertiary/aromatic N) is 4. The van der Waals surface area contributed by atoms with Crippen LogP contribution in [-0.4, -0.2) is 17.9 Å². The highest BCUT2D eigenvalue weighted by Crippen LogP contribution is 2.26. The fourth-order valence-electron chi connectivity index (χ4n) is 3.52. The molecular formula is C22H32N6S2. The number of hydrogen-bond donors (Lipinski definition) is 2. The molecule has 0 atom stereocenters. The Morgan fingerprint density at radius 2 is 1.20 bits per heavy atom. The van der Waals surface area contributed by atoms with Crippen molar-refractivity contribution >= 4 is 23.1 Å². The zero-order chi connectivity index (χ0) is 21.3. The molecule has 162 valence electrons. The Hall–Kier alpha value is -2.06. The first-order chi connectivity index (χ1) is 14.6. The van der Waals surface area contributed by atoms with Crippen LogP contribution >= 0.6 is 23.1 Å². The Labute approximate surface area is 186 Å². The van der Waals surface area contributed by atoms with Crippen molar-refractivity contribution in [2.75, 3.05) is 0 Å². The molecule has 2 aromatic heterocycles. The summed E-state index contributed by atoms with van der Waals surface area (Å²) < 4.78 is 4.29. The molecule has 3 rings (SSSR count). The van der Waals surface area contributed by atoms with Crippen LogP contribution in [-0.2, 0) is 13.1 Å². The van der Waals surface area contributed by atoms with Crippen molar-refractivity contribution in [3.05, 3.63) is 33.9 Å². The molecule has 0 aliphatic rings. The number of aromatic nitrogens is 4. The number of hydrogen-bond acceptors (Lipinski definition) is 6. The van der Waals surface area contributed by atoms with Crippen LogP contribution < -0.4 is 9.60 Å². The zero-order valence-corrected chi connectivity index (χ0v) is 19.6. The molecule has 8 heteroatoms. The lowest BCUT2D eigenvalue weighted by atomic mass is 10.1. The Bertz CT molecular complexity index is 963. The molecule has 0 radical (unpaired) electrons. The second kappa shape index (κ2) is 11.4. The van der Waals surface area contributed by atoms with Crippen LogP contribution in [0.4, 0.5) is 0 Å². The van der Waals surface area contributed by atoms with Gasteiger partial charge in [-0.05, 0) is 42.0 Å². The average molecular weight is 445 g/mol. The van der Waals surface area contributed by atoms with E-state index in [-0.39, 0.29) is 0 Å². The molecule has 0 saturated heterocycles. The van der Waals surface area contributed by atoms with Crippen LogP contribution in [0.15, 0.2) is 24.3 Å². The van der Waals surface area contributed by atoms with Crippen molar-refractivity contribution in [1.29, 1.82) is 10.8 Å². The molecule has 0 aliphatic heterocycles. The molecule has 1 aromatic carbocycles. The lowest BCUT2D eigenvalue weighted by molar-refractivity contribution is 0.605. The van der Waals surface area contributed by atoms with Gasteiger partial charge in [0.2, 0.25) is 9.60 Å². The Balaban J connectivity index is 1.84. The van der Waals surface area contributed by atoms with Crippen molar-refractivity contribution in [2.24, 2.45) is 0 Å². The van der Waals surface area contributed by atoms with Gasteiger partial charge in [-0.3, -0.25) is 18.7 Å². The fraction of sp³-hybridized carbons (Fsp3) is 0.545. The van der Waals surface area contributed by atoms with Crippen molar-refractivity contribution in [1.82, 2.24) is 17.9 Å². The SMILES string of the molecule is CCCCCCn1sc(=N)nc1-c1cccc(-c2nc(=N)sn2CCCCCC)c1. The number of rotatable bonds is 12. The van der Waals surface area contributed by atoms with E-state index in [9.17, 15) is 0 Å². The van der Waals surface area contributed by atoms with E-state index in [4.69, 9.17) is 10.8 Å². The van der Waals surface area contributed by atoms with Gasteiger partial charge in [-0.2, -0.15) is 9.97 Å². The molecule has 3 aromatic rings. The summed E-state index contributed by atoms with van der Waals surface area (Å²) in [5, 5.41) is 16.1. The molecular weight excluding hydrogens is 412 g/mol. The quantitative estimate of drug-likeness (QED) is 0.353. The van der Waals surface area contributed by atoms with Crippen molar-refractivity contribution in [2.45, 2.75) is 78.3 Å². The number of benzene rings is 1. The Morgan fingerprint density at radius 1 is 0.733 bits per heavy atom. The van der Waals surface area contributed by atoms with E-state index in [2.05, 4.69) is 49.9 Å². The van der Waals surface area contributed by atoms with Crippen LogP contribution in [0.1, 0.15) is 65.2 Å². The predicted molar refractivity (Wildman–Crippen MR) is 125 cm³/mol. The molecule has 0 amide bonds. The summed E-state index contributed by atoms with van der Waals surface area (Å²) in [5.74, 6) is 1.72. The van der Waals surface area contributed by atoms with E-state index < -0.39 is 0 Å². The summed E-state index contributed by atoms with van der Waals surface area (Å²) in [6, 6.07) is 8.24. The van der Waals surface area contributed by atoms with Gasteiger partial charge in [-0.1, -0.05) is 70.6 Å². The summed E-state index contributed by atoms with van der Waals surface area (Å²) in [4.78, 5) is 9.69. The molecule has 0 bridgehead atoms. The average Bonchev–Trinajstić information content (AvgIpc) is 3.31. The van der Waals surface area contributed by atoms with Crippen molar-refractivity contribution in [3.8, 4) is 22.8 Å². The Kier molecular flexibility index (Phi) is 8.57. The third-order valence-corrected chi connectivity index (χ3v) is 6.77. The maximum atomic E-state index is 8.03. The minimum Gasteiger partial charge on any atom is -0.278 e.